The van der Waals surface area contributed by atoms with Gasteiger partial charge in [0, 0.05) is 24.6 Å². The molecular weight excluding hydrogens is 262 g/mol. The second-order valence-corrected chi connectivity index (χ2v) is 5.07. The number of carbonyl (C=O) groups is 1. The van der Waals surface area contributed by atoms with Gasteiger partial charge in [-0.1, -0.05) is 19.1 Å². The molecule has 1 aromatic carbocycles. The maximum atomic E-state index is 13.7. The molecule has 0 aliphatic carbocycles. The lowest BCUT2D eigenvalue weighted by Gasteiger charge is -2.25. The maximum Gasteiger partial charge on any atom is 0.223 e. The summed E-state index contributed by atoms with van der Waals surface area (Å²) in [6, 6.07) is 4.21. The van der Waals surface area contributed by atoms with E-state index in [9.17, 15) is 13.6 Å². The summed E-state index contributed by atoms with van der Waals surface area (Å²) in [4.78, 5) is 13.6. The van der Waals surface area contributed by atoms with Gasteiger partial charge in [-0.05, 0) is 32.0 Å². The predicted octanol–water partition coefficient (Wildman–Crippen LogP) is 2.46. The number of nitrogens with zero attached hydrogens (tertiary/aromatic N) is 1. The Hall–Kier alpha value is -1.49. The third-order valence-corrected chi connectivity index (χ3v) is 3.73. The third-order valence-electron chi connectivity index (χ3n) is 3.73. The molecule has 3 nitrogen and oxygen atoms in total. The quantitative estimate of drug-likeness (QED) is 0.813. The highest BCUT2D eigenvalue weighted by Gasteiger charge is 2.31. The van der Waals surface area contributed by atoms with Crippen LogP contribution < -0.4 is 5.32 Å². The topological polar surface area (TPSA) is 32.3 Å². The van der Waals surface area contributed by atoms with E-state index in [2.05, 4.69) is 5.32 Å². The Labute approximate surface area is 118 Å². The molecule has 1 unspecified atom stereocenters. The molecule has 0 aromatic heterocycles. The number of amides is 1. The van der Waals surface area contributed by atoms with Gasteiger partial charge in [-0.3, -0.25) is 4.79 Å². The SMILES string of the molecule is CCNCCC1CCC(=O)N1Cc1cccc(F)c1F. The van der Waals surface area contributed by atoms with Crippen LogP contribution in [0.1, 0.15) is 31.7 Å². The van der Waals surface area contributed by atoms with Gasteiger partial charge in [0.2, 0.25) is 5.91 Å². The van der Waals surface area contributed by atoms with E-state index in [1.165, 1.54) is 12.1 Å². The number of halogens is 2. The van der Waals surface area contributed by atoms with Crippen LogP contribution in [0, 0.1) is 11.6 Å². The molecule has 5 heteroatoms. The summed E-state index contributed by atoms with van der Waals surface area (Å²) in [5.74, 6) is -1.69. The summed E-state index contributed by atoms with van der Waals surface area (Å²) in [6.07, 6.45) is 2.13. The van der Waals surface area contributed by atoms with Crippen LogP contribution >= 0.6 is 0 Å². The number of likely N-dealkylation sites (tertiary alicyclic amines) is 1. The smallest absolute Gasteiger partial charge is 0.223 e. The van der Waals surface area contributed by atoms with Crippen LogP contribution in [0.4, 0.5) is 8.78 Å². The maximum absolute atomic E-state index is 13.7. The zero-order valence-corrected chi connectivity index (χ0v) is 11.7. The van der Waals surface area contributed by atoms with E-state index < -0.39 is 11.6 Å². The first kappa shape index (κ1) is 14.9. The number of hydrogen-bond donors (Lipinski definition) is 1. The average molecular weight is 282 g/mol. The highest BCUT2D eigenvalue weighted by atomic mass is 19.2. The van der Waals surface area contributed by atoms with Gasteiger partial charge in [0.25, 0.3) is 0 Å². The first-order valence-electron chi connectivity index (χ1n) is 7.06. The molecule has 1 amide bonds. The van der Waals surface area contributed by atoms with Crippen LogP contribution in [0.5, 0.6) is 0 Å². The average Bonchev–Trinajstić information content (AvgIpc) is 2.77. The largest absolute Gasteiger partial charge is 0.335 e. The fourth-order valence-electron chi connectivity index (χ4n) is 2.61. The molecule has 1 aliphatic heterocycles. The van der Waals surface area contributed by atoms with Crippen molar-refractivity contribution in [2.24, 2.45) is 0 Å². The Morgan fingerprint density at radius 2 is 2.20 bits per heavy atom. The lowest BCUT2D eigenvalue weighted by molar-refractivity contribution is -0.129. The van der Waals surface area contributed by atoms with E-state index >= 15 is 0 Å². The standard InChI is InChI=1S/C15H20F2N2O/c1-2-18-9-8-12-6-7-14(20)19(12)10-11-4-3-5-13(16)15(11)17/h3-5,12,18H,2,6-10H2,1H3. The van der Waals surface area contributed by atoms with Crippen molar-refractivity contribution >= 4 is 5.91 Å². The van der Waals surface area contributed by atoms with Crippen molar-refractivity contribution < 1.29 is 13.6 Å². The van der Waals surface area contributed by atoms with Crippen LogP contribution in [-0.2, 0) is 11.3 Å². The molecule has 0 saturated carbocycles. The Bertz CT molecular complexity index is 479. The molecule has 1 aliphatic rings. The molecule has 1 N–H and O–H groups in total. The van der Waals surface area contributed by atoms with Crippen LogP contribution in [-0.4, -0.2) is 29.9 Å². The normalized spacial score (nSPS) is 18.9. The zero-order valence-electron chi connectivity index (χ0n) is 11.7. The lowest BCUT2D eigenvalue weighted by Crippen LogP contribution is -2.35. The van der Waals surface area contributed by atoms with Gasteiger partial charge < -0.3 is 10.2 Å². The molecule has 0 radical (unpaired) electrons. The van der Waals surface area contributed by atoms with Crippen LogP contribution in [0.15, 0.2) is 18.2 Å². The van der Waals surface area contributed by atoms with Crippen molar-refractivity contribution in [2.45, 2.75) is 38.8 Å². The zero-order chi connectivity index (χ0) is 14.5. The molecule has 1 saturated heterocycles. The van der Waals surface area contributed by atoms with Gasteiger partial charge in [0.15, 0.2) is 11.6 Å². The summed E-state index contributed by atoms with van der Waals surface area (Å²) >= 11 is 0. The number of hydrogen-bond acceptors (Lipinski definition) is 2. The molecule has 1 atom stereocenters. The summed E-state index contributed by atoms with van der Waals surface area (Å²) < 4.78 is 26.9. The highest BCUT2D eigenvalue weighted by Crippen LogP contribution is 2.24. The van der Waals surface area contributed by atoms with Crippen molar-refractivity contribution in [3.63, 3.8) is 0 Å². The minimum Gasteiger partial charge on any atom is -0.335 e. The van der Waals surface area contributed by atoms with Gasteiger partial charge >= 0.3 is 0 Å². The summed E-state index contributed by atoms with van der Waals surface area (Å²) in [5.41, 5.74) is 0.244. The Kier molecular flexibility index (Phi) is 5.06. The van der Waals surface area contributed by atoms with Gasteiger partial charge in [-0.15, -0.1) is 0 Å². The van der Waals surface area contributed by atoms with Crippen LogP contribution in [0.25, 0.3) is 0 Å². The summed E-state index contributed by atoms with van der Waals surface area (Å²) in [7, 11) is 0. The minimum absolute atomic E-state index is 0.0233. The Morgan fingerprint density at radius 1 is 1.40 bits per heavy atom. The second-order valence-electron chi connectivity index (χ2n) is 5.07. The van der Waals surface area contributed by atoms with Crippen LogP contribution in [0.3, 0.4) is 0 Å². The van der Waals surface area contributed by atoms with E-state index in [0.29, 0.717) is 6.42 Å². The first-order chi connectivity index (χ1) is 9.63. The summed E-state index contributed by atoms with van der Waals surface area (Å²) in [6.45, 7) is 3.90. The molecule has 0 spiro atoms. The Morgan fingerprint density at radius 3 is 2.95 bits per heavy atom. The van der Waals surface area contributed by atoms with E-state index in [0.717, 1.165) is 32.0 Å². The van der Waals surface area contributed by atoms with Crippen molar-refractivity contribution in [3.8, 4) is 0 Å². The number of nitrogens with one attached hydrogen (secondary N) is 1. The molecule has 110 valence electrons. The Balaban J connectivity index is 2.05. The molecule has 2 rings (SSSR count). The van der Waals surface area contributed by atoms with Gasteiger partial charge in [-0.25, -0.2) is 8.78 Å². The highest BCUT2D eigenvalue weighted by molar-refractivity contribution is 5.78. The molecular formula is C15H20F2N2O. The molecule has 20 heavy (non-hydrogen) atoms. The fourth-order valence-corrected chi connectivity index (χ4v) is 2.61. The second kappa shape index (κ2) is 6.79. The van der Waals surface area contributed by atoms with Gasteiger partial charge in [0.1, 0.15) is 0 Å². The molecule has 0 bridgehead atoms. The van der Waals surface area contributed by atoms with E-state index in [-0.39, 0.29) is 24.1 Å². The van der Waals surface area contributed by atoms with E-state index in [1.807, 2.05) is 6.92 Å². The number of carbonyl (C=O) groups excluding carboxylic acids is 1. The van der Waals surface area contributed by atoms with Crippen molar-refractivity contribution in [1.29, 1.82) is 0 Å². The molecule has 1 fully saturated rings. The van der Waals surface area contributed by atoms with Crippen molar-refractivity contribution in [2.75, 3.05) is 13.1 Å². The molecule has 1 aromatic rings. The predicted molar refractivity (Wildman–Crippen MR) is 73.1 cm³/mol. The third kappa shape index (κ3) is 3.33. The number of rotatable bonds is 6. The van der Waals surface area contributed by atoms with Gasteiger partial charge in [-0.2, -0.15) is 0 Å². The van der Waals surface area contributed by atoms with E-state index in [1.54, 1.807) is 4.90 Å². The minimum atomic E-state index is -0.863. The fraction of sp³-hybridized carbons (Fsp3) is 0.533. The van der Waals surface area contributed by atoms with Crippen molar-refractivity contribution in [3.05, 3.63) is 35.4 Å². The molecule has 1 heterocycles. The van der Waals surface area contributed by atoms with Crippen LogP contribution in [0.2, 0.25) is 0 Å². The monoisotopic (exact) mass is 282 g/mol. The first-order valence-corrected chi connectivity index (χ1v) is 7.06. The lowest BCUT2D eigenvalue weighted by atomic mass is 10.1. The van der Waals surface area contributed by atoms with Crippen molar-refractivity contribution in [1.82, 2.24) is 10.2 Å². The summed E-state index contributed by atoms with van der Waals surface area (Å²) in [5, 5.41) is 3.22. The van der Waals surface area contributed by atoms with E-state index in [4.69, 9.17) is 0 Å². The van der Waals surface area contributed by atoms with Gasteiger partial charge in [0.05, 0.1) is 0 Å². The number of benzene rings is 1.